The van der Waals surface area contributed by atoms with E-state index >= 15 is 0 Å². The lowest BCUT2D eigenvalue weighted by molar-refractivity contribution is 0.0951. The minimum Gasteiger partial charge on any atom is -0.378 e. The molecule has 1 aliphatic heterocycles. The Labute approximate surface area is 164 Å². The van der Waals surface area contributed by atoms with E-state index in [9.17, 15) is 4.79 Å². The van der Waals surface area contributed by atoms with Crippen molar-refractivity contribution in [3.8, 4) is 0 Å². The van der Waals surface area contributed by atoms with E-state index in [2.05, 4.69) is 39.6 Å². The van der Waals surface area contributed by atoms with Crippen molar-refractivity contribution in [1.82, 2.24) is 15.1 Å². The number of hydrogen-bond acceptors (Lipinski definition) is 4. The van der Waals surface area contributed by atoms with Gasteiger partial charge in [-0.1, -0.05) is 42.5 Å². The molecule has 1 amide bonds. The molecular weight excluding hydrogens is 352 g/mol. The summed E-state index contributed by atoms with van der Waals surface area (Å²) in [4.78, 5) is 14.7. The molecule has 1 aromatic heterocycles. The molecule has 0 saturated carbocycles. The molecule has 1 saturated heterocycles. The van der Waals surface area contributed by atoms with Crippen molar-refractivity contribution in [3.05, 3.63) is 83.7 Å². The molecule has 0 spiro atoms. The Morgan fingerprint density at radius 3 is 2.50 bits per heavy atom. The summed E-state index contributed by atoms with van der Waals surface area (Å²) in [6.07, 6.45) is 3.39. The number of anilines is 1. The highest BCUT2D eigenvalue weighted by Gasteiger charge is 2.12. The van der Waals surface area contributed by atoms with Crippen LogP contribution in [0.1, 0.15) is 21.5 Å². The normalized spacial score (nSPS) is 14.1. The van der Waals surface area contributed by atoms with Crippen LogP contribution in [0.2, 0.25) is 0 Å². The number of nitrogens with zero attached hydrogens (tertiary/aromatic N) is 3. The van der Waals surface area contributed by atoms with Crippen LogP contribution in [0.25, 0.3) is 0 Å². The van der Waals surface area contributed by atoms with Gasteiger partial charge in [0.15, 0.2) is 0 Å². The lowest BCUT2D eigenvalue weighted by atomic mass is 10.2. The molecule has 28 heavy (non-hydrogen) atoms. The zero-order valence-corrected chi connectivity index (χ0v) is 15.8. The largest absolute Gasteiger partial charge is 0.378 e. The Balaban J connectivity index is 1.30. The highest BCUT2D eigenvalue weighted by atomic mass is 16.5. The van der Waals surface area contributed by atoms with Crippen molar-refractivity contribution < 1.29 is 9.53 Å². The third kappa shape index (κ3) is 4.58. The number of nitrogens with one attached hydrogen (secondary N) is 1. The van der Waals surface area contributed by atoms with Gasteiger partial charge < -0.3 is 15.0 Å². The van der Waals surface area contributed by atoms with Crippen molar-refractivity contribution in [1.29, 1.82) is 0 Å². The van der Waals surface area contributed by atoms with Gasteiger partial charge in [0.05, 0.1) is 31.5 Å². The fourth-order valence-corrected chi connectivity index (χ4v) is 3.27. The molecule has 0 bridgehead atoms. The number of ether oxygens (including phenoxy) is 1. The Bertz CT molecular complexity index is 900. The maximum Gasteiger partial charge on any atom is 0.254 e. The molecule has 4 rings (SSSR count). The van der Waals surface area contributed by atoms with Crippen molar-refractivity contribution in [2.75, 3.05) is 31.2 Å². The van der Waals surface area contributed by atoms with Crippen LogP contribution in [0.15, 0.2) is 67.0 Å². The van der Waals surface area contributed by atoms with Gasteiger partial charge in [0.2, 0.25) is 0 Å². The zero-order valence-electron chi connectivity index (χ0n) is 15.8. The number of carbonyl (C=O) groups is 1. The lowest BCUT2D eigenvalue weighted by Gasteiger charge is -2.28. The molecule has 1 aliphatic rings. The van der Waals surface area contributed by atoms with E-state index in [1.165, 1.54) is 5.69 Å². The molecular formula is C22H24N4O2. The summed E-state index contributed by atoms with van der Waals surface area (Å²) in [5, 5.41) is 7.26. The molecule has 0 unspecified atom stereocenters. The minimum absolute atomic E-state index is 0.114. The number of benzene rings is 2. The summed E-state index contributed by atoms with van der Waals surface area (Å²) >= 11 is 0. The number of amides is 1. The second kappa shape index (κ2) is 8.71. The lowest BCUT2D eigenvalue weighted by Crippen LogP contribution is -2.36. The predicted molar refractivity (Wildman–Crippen MR) is 108 cm³/mol. The Hall–Kier alpha value is -3.12. The average Bonchev–Trinajstić information content (AvgIpc) is 3.22. The third-order valence-electron chi connectivity index (χ3n) is 4.85. The van der Waals surface area contributed by atoms with Crippen LogP contribution in [0.4, 0.5) is 5.69 Å². The molecule has 6 nitrogen and oxygen atoms in total. The van der Waals surface area contributed by atoms with Crippen LogP contribution < -0.4 is 10.2 Å². The maximum atomic E-state index is 12.4. The van der Waals surface area contributed by atoms with Crippen LogP contribution in [-0.2, 0) is 17.8 Å². The summed E-state index contributed by atoms with van der Waals surface area (Å²) in [5.74, 6) is -0.114. The molecule has 1 N–H and O–H groups in total. The number of rotatable bonds is 6. The van der Waals surface area contributed by atoms with E-state index in [-0.39, 0.29) is 5.91 Å². The molecule has 0 radical (unpaired) electrons. The summed E-state index contributed by atoms with van der Waals surface area (Å²) in [7, 11) is 0. The molecule has 0 atom stereocenters. The maximum absolute atomic E-state index is 12.4. The molecule has 2 heterocycles. The third-order valence-corrected chi connectivity index (χ3v) is 4.85. The first kappa shape index (κ1) is 18.3. The standard InChI is InChI=1S/C22H24N4O2/c27-22(20-15-24-26(17-20)16-19-4-2-1-3-5-19)23-14-18-6-8-21(9-7-18)25-10-12-28-13-11-25/h1-9,15,17H,10-14,16H2,(H,23,27). The highest BCUT2D eigenvalue weighted by Crippen LogP contribution is 2.16. The van der Waals surface area contributed by atoms with Crippen molar-refractivity contribution in [3.63, 3.8) is 0 Å². The van der Waals surface area contributed by atoms with Crippen LogP contribution in [-0.4, -0.2) is 42.0 Å². The molecule has 144 valence electrons. The summed E-state index contributed by atoms with van der Waals surface area (Å²) < 4.78 is 7.17. The second-order valence-electron chi connectivity index (χ2n) is 6.86. The van der Waals surface area contributed by atoms with E-state index in [1.54, 1.807) is 17.1 Å². The minimum atomic E-state index is -0.114. The topological polar surface area (TPSA) is 59.4 Å². The number of hydrogen-bond donors (Lipinski definition) is 1. The van der Waals surface area contributed by atoms with Gasteiger partial charge in [-0.3, -0.25) is 9.48 Å². The zero-order chi connectivity index (χ0) is 19.2. The molecule has 2 aromatic carbocycles. The summed E-state index contributed by atoms with van der Waals surface area (Å²) in [6.45, 7) is 4.53. The molecule has 6 heteroatoms. The van der Waals surface area contributed by atoms with Crippen LogP contribution in [0.3, 0.4) is 0 Å². The van der Waals surface area contributed by atoms with Gasteiger partial charge in [-0.15, -0.1) is 0 Å². The van der Waals surface area contributed by atoms with Crippen LogP contribution in [0.5, 0.6) is 0 Å². The highest BCUT2D eigenvalue weighted by molar-refractivity contribution is 5.93. The van der Waals surface area contributed by atoms with Gasteiger partial charge in [-0.2, -0.15) is 5.10 Å². The van der Waals surface area contributed by atoms with Gasteiger partial charge in [0, 0.05) is 31.5 Å². The quantitative estimate of drug-likeness (QED) is 0.719. The molecule has 3 aromatic rings. The number of morpholine rings is 1. The Morgan fingerprint density at radius 2 is 1.75 bits per heavy atom. The SMILES string of the molecule is O=C(NCc1ccc(N2CCOCC2)cc1)c1cnn(Cc2ccccc2)c1. The van der Waals surface area contributed by atoms with Crippen LogP contribution in [0, 0.1) is 0 Å². The van der Waals surface area contributed by atoms with E-state index in [4.69, 9.17) is 4.74 Å². The van der Waals surface area contributed by atoms with E-state index < -0.39 is 0 Å². The van der Waals surface area contributed by atoms with E-state index in [1.807, 2.05) is 30.3 Å². The fourth-order valence-electron chi connectivity index (χ4n) is 3.27. The van der Waals surface area contributed by atoms with Crippen LogP contribution >= 0.6 is 0 Å². The van der Waals surface area contributed by atoms with Gasteiger partial charge in [-0.25, -0.2) is 0 Å². The average molecular weight is 376 g/mol. The number of carbonyl (C=O) groups excluding carboxylic acids is 1. The number of aromatic nitrogens is 2. The van der Waals surface area contributed by atoms with Gasteiger partial charge >= 0.3 is 0 Å². The molecule has 1 fully saturated rings. The fraction of sp³-hybridized carbons (Fsp3) is 0.273. The Kier molecular flexibility index (Phi) is 5.68. The first-order valence-corrected chi connectivity index (χ1v) is 9.54. The first-order valence-electron chi connectivity index (χ1n) is 9.54. The Morgan fingerprint density at radius 1 is 1.00 bits per heavy atom. The van der Waals surface area contributed by atoms with Crippen molar-refractivity contribution in [2.45, 2.75) is 13.1 Å². The van der Waals surface area contributed by atoms with Gasteiger partial charge in [0.25, 0.3) is 5.91 Å². The van der Waals surface area contributed by atoms with Crippen molar-refractivity contribution >= 4 is 11.6 Å². The van der Waals surface area contributed by atoms with Gasteiger partial charge in [-0.05, 0) is 23.3 Å². The van der Waals surface area contributed by atoms with Crippen molar-refractivity contribution in [2.24, 2.45) is 0 Å². The molecule has 0 aliphatic carbocycles. The monoisotopic (exact) mass is 376 g/mol. The second-order valence-corrected chi connectivity index (χ2v) is 6.86. The predicted octanol–water partition coefficient (Wildman–Crippen LogP) is 2.70. The summed E-state index contributed by atoms with van der Waals surface area (Å²) in [6, 6.07) is 18.4. The van der Waals surface area contributed by atoms with Gasteiger partial charge in [0.1, 0.15) is 0 Å². The smallest absolute Gasteiger partial charge is 0.254 e. The van der Waals surface area contributed by atoms with E-state index in [0.29, 0.717) is 18.7 Å². The van der Waals surface area contributed by atoms with E-state index in [0.717, 1.165) is 37.4 Å². The first-order chi connectivity index (χ1) is 13.8. The summed E-state index contributed by atoms with van der Waals surface area (Å²) in [5.41, 5.74) is 3.99.